The molecule has 0 aliphatic carbocycles. The molecule has 0 fully saturated rings. The Hall–Kier alpha value is -2.62. The normalized spacial score (nSPS) is 11.2. The van der Waals surface area contributed by atoms with Crippen LogP contribution in [0.2, 0.25) is 0 Å². The van der Waals surface area contributed by atoms with Crippen molar-refractivity contribution < 1.29 is 14.3 Å². The summed E-state index contributed by atoms with van der Waals surface area (Å²) < 4.78 is 5.52. The molecule has 0 aliphatic heterocycles. The van der Waals surface area contributed by atoms with Crippen LogP contribution < -0.4 is 0 Å². The first kappa shape index (κ1) is 13.4. The summed E-state index contributed by atoms with van der Waals surface area (Å²) in [7, 11) is 0. The first-order valence-corrected chi connectivity index (χ1v) is 6.80. The number of nitrogens with zero attached hydrogens (tertiary/aromatic N) is 1. The fourth-order valence-corrected chi connectivity index (χ4v) is 2.40. The van der Waals surface area contributed by atoms with E-state index in [0.717, 1.165) is 16.3 Å². The maximum Gasteiger partial charge on any atom is 0.373 e. The Morgan fingerprint density at radius 2 is 1.86 bits per heavy atom. The van der Waals surface area contributed by atoms with Gasteiger partial charge in [0.05, 0.1) is 5.69 Å². The highest BCUT2D eigenvalue weighted by Crippen LogP contribution is 2.31. The van der Waals surface area contributed by atoms with Crippen molar-refractivity contribution in [2.24, 2.45) is 0 Å². The molecule has 0 aliphatic rings. The quantitative estimate of drug-likeness (QED) is 0.776. The number of hydrogen-bond donors (Lipinski definition) is 1. The molecule has 0 saturated carbocycles. The Kier molecular flexibility index (Phi) is 3.22. The van der Waals surface area contributed by atoms with Gasteiger partial charge in [0.1, 0.15) is 0 Å². The molecule has 0 amide bonds. The topological polar surface area (TPSA) is 63.3 Å². The predicted octanol–water partition coefficient (Wildman–Crippen LogP) is 4.32. The van der Waals surface area contributed by atoms with Crippen LogP contribution in [0, 0.1) is 0 Å². The van der Waals surface area contributed by atoms with Crippen LogP contribution in [0.25, 0.3) is 22.2 Å². The molecule has 3 aromatic rings. The smallest absolute Gasteiger partial charge is 0.373 e. The minimum absolute atomic E-state index is 0.0106. The van der Waals surface area contributed by atoms with Crippen molar-refractivity contribution in [3.8, 4) is 11.5 Å². The summed E-state index contributed by atoms with van der Waals surface area (Å²) in [6.45, 7) is 3.80. The van der Waals surface area contributed by atoms with Crippen molar-refractivity contribution >= 4 is 16.7 Å². The molecule has 0 saturated heterocycles. The lowest BCUT2D eigenvalue weighted by Crippen LogP contribution is -2.01. The first-order chi connectivity index (χ1) is 10.1. The van der Waals surface area contributed by atoms with E-state index >= 15 is 0 Å². The highest BCUT2D eigenvalue weighted by molar-refractivity contribution is 5.95. The van der Waals surface area contributed by atoms with E-state index < -0.39 is 5.97 Å². The molecule has 21 heavy (non-hydrogen) atoms. The number of carboxylic acids is 1. The number of aromatic carboxylic acids is 1. The number of oxazole rings is 1. The molecule has 0 unspecified atom stereocenters. The molecule has 0 spiro atoms. The van der Waals surface area contributed by atoms with Crippen molar-refractivity contribution in [3.05, 3.63) is 53.9 Å². The number of rotatable bonds is 3. The van der Waals surface area contributed by atoms with E-state index in [1.807, 2.05) is 56.3 Å². The minimum atomic E-state index is -1.09. The number of benzene rings is 2. The lowest BCUT2D eigenvalue weighted by atomic mass is 10.0. The molecule has 0 bridgehead atoms. The second-order valence-electron chi connectivity index (χ2n) is 5.22. The SMILES string of the molecule is CC(C)c1nc(-c2cccc3ccccc23)oc1C(=O)O. The number of aromatic nitrogens is 1. The van der Waals surface area contributed by atoms with Crippen LogP contribution in [0.3, 0.4) is 0 Å². The number of fused-ring (bicyclic) bond motifs is 1. The zero-order chi connectivity index (χ0) is 15.0. The van der Waals surface area contributed by atoms with Gasteiger partial charge in [-0.2, -0.15) is 0 Å². The third-order valence-corrected chi connectivity index (χ3v) is 3.41. The van der Waals surface area contributed by atoms with Crippen molar-refractivity contribution in [2.75, 3.05) is 0 Å². The largest absolute Gasteiger partial charge is 0.475 e. The molecule has 4 nitrogen and oxygen atoms in total. The van der Waals surface area contributed by atoms with Crippen LogP contribution in [0.1, 0.15) is 36.0 Å². The molecule has 1 heterocycles. The van der Waals surface area contributed by atoms with Gasteiger partial charge in [0.25, 0.3) is 0 Å². The molecule has 3 rings (SSSR count). The van der Waals surface area contributed by atoms with Gasteiger partial charge in [-0.05, 0) is 22.8 Å². The van der Waals surface area contributed by atoms with Crippen LogP contribution in [0.15, 0.2) is 46.9 Å². The van der Waals surface area contributed by atoms with Crippen LogP contribution in [-0.2, 0) is 0 Å². The molecule has 106 valence electrons. The molecule has 0 atom stereocenters. The van der Waals surface area contributed by atoms with E-state index in [1.54, 1.807) is 0 Å². The molecule has 1 aromatic heterocycles. The van der Waals surface area contributed by atoms with Crippen molar-refractivity contribution in [2.45, 2.75) is 19.8 Å². The van der Waals surface area contributed by atoms with E-state index in [9.17, 15) is 9.90 Å². The molecule has 2 aromatic carbocycles. The summed E-state index contributed by atoms with van der Waals surface area (Å²) in [6.07, 6.45) is 0. The lowest BCUT2D eigenvalue weighted by Gasteiger charge is -2.02. The lowest BCUT2D eigenvalue weighted by molar-refractivity contribution is 0.0661. The number of hydrogen-bond acceptors (Lipinski definition) is 3. The zero-order valence-electron chi connectivity index (χ0n) is 11.8. The van der Waals surface area contributed by atoms with E-state index in [1.165, 1.54) is 0 Å². The second kappa shape index (κ2) is 5.05. The van der Waals surface area contributed by atoms with Gasteiger partial charge in [0, 0.05) is 5.56 Å². The van der Waals surface area contributed by atoms with Crippen LogP contribution in [0.5, 0.6) is 0 Å². The number of carbonyl (C=O) groups is 1. The summed E-state index contributed by atoms with van der Waals surface area (Å²) in [5.41, 5.74) is 1.29. The van der Waals surface area contributed by atoms with Crippen LogP contribution in [-0.4, -0.2) is 16.1 Å². The van der Waals surface area contributed by atoms with Gasteiger partial charge in [0.15, 0.2) is 0 Å². The van der Waals surface area contributed by atoms with E-state index in [0.29, 0.717) is 11.6 Å². The summed E-state index contributed by atoms with van der Waals surface area (Å²) in [5.74, 6) is -0.818. The van der Waals surface area contributed by atoms with E-state index in [2.05, 4.69) is 4.98 Å². The fraction of sp³-hybridized carbons (Fsp3) is 0.176. The fourth-order valence-electron chi connectivity index (χ4n) is 2.40. The van der Waals surface area contributed by atoms with E-state index in [4.69, 9.17) is 4.42 Å². The Labute approximate surface area is 122 Å². The van der Waals surface area contributed by atoms with Crippen LogP contribution >= 0.6 is 0 Å². The molecular formula is C17H15NO3. The Balaban J connectivity index is 2.24. The van der Waals surface area contributed by atoms with Gasteiger partial charge in [-0.25, -0.2) is 9.78 Å². The maximum atomic E-state index is 11.3. The minimum Gasteiger partial charge on any atom is -0.475 e. The van der Waals surface area contributed by atoms with Gasteiger partial charge in [0.2, 0.25) is 11.7 Å². The Morgan fingerprint density at radius 3 is 2.52 bits per heavy atom. The number of carboxylic acid groups (broad SMARTS) is 1. The Morgan fingerprint density at radius 1 is 1.14 bits per heavy atom. The van der Waals surface area contributed by atoms with Crippen LogP contribution in [0.4, 0.5) is 0 Å². The maximum absolute atomic E-state index is 11.3. The summed E-state index contributed by atoms with van der Waals surface area (Å²) in [4.78, 5) is 15.7. The van der Waals surface area contributed by atoms with Crippen molar-refractivity contribution in [1.29, 1.82) is 0 Å². The van der Waals surface area contributed by atoms with Crippen molar-refractivity contribution in [1.82, 2.24) is 4.98 Å². The summed E-state index contributed by atoms with van der Waals surface area (Å²) >= 11 is 0. The van der Waals surface area contributed by atoms with Gasteiger partial charge < -0.3 is 9.52 Å². The van der Waals surface area contributed by atoms with E-state index in [-0.39, 0.29) is 11.7 Å². The highest BCUT2D eigenvalue weighted by atomic mass is 16.4. The average molecular weight is 281 g/mol. The first-order valence-electron chi connectivity index (χ1n) is 6.80. The Bertz CT molecular complexity index is 813. The highest BCUT2D eigenvalue weighted by Gasteiger charge is 2.23. The zero-order valence-corrected chi connectivity index (χ0v) is 11.8. The monoisotopic (exact) mass is 281 g/mol. The van der Waals surface area contributed by atoms with Gasteiger partial charge in [-0.1, -0.05) is 50.2 Å². The standard InChI is InChI=1S/C17H15NO3/c1-10(2)14-15(17(19)20)21-16(18-14)13-9-5-7-11-6-3-4-8-12(11)13/h3-10H,1-2H3,(H,19,20). The molecule has 4 heteroatoms. The third kappa shape index (κ3) is 2.29. The van der Waals surface area contributed by atoms with Gasteiger partial charge in [-0.15, -0.1) is 0 Å². The van der Waals surface area contributed by atoms with Crippen molar-refractivity contribution in [3.63, 3.8) is 0 Å². The third-order valence-electron chi connectivity index (χ3n) is 3.41. The summed E-state index contributed by atoms with van der Waals surface area (Å²) in [6, 6.07) is 13.7. The second-order valence-corrected chi connectivity index (χ2v) is 5.22. The predicted molar refractivity (Wildman–Crippen MR) is 80.5 cm³/mol. The van der Waals surface area contributed by atoms with Gasteiger partial charge in [-0.3, -0.25) is 0 Å². The molecule has 1 N–H and O–H groups in total. The average Bonchev–Trinajstić information content (AvgIpc) is 2.92. The molecule has 0 radical (unpaired) electrons. The van der Waals surface area contributed by atoms with Gasteiger partial charge >= 0.3 is 5.97 Å². The summed E-state index contributed by atoms with van der Waals surface area (Å²) in [5, 5.41) is 11.3. The molecular weight excluding hydrogens is 266 g/mol.